The summed E-state index contributed by atoms with van der Waals surface area (Å²) in [7, 11) is 0. The fraction of sp³-hybridized carbons (Fsp3) is 0.714. The van der Waals surface area contributed by atoms with E-state index < -0.39 is 0 Å². The Hall–Kier alpha value is -0.0000000000000000208. The van der Waals surface area contributed by atoms with E-state index in [0.29, 0.717) is 0 Å². The molecule has 2 unspecified atom stereocenters. The highest BCUT2D eigenvalue weighted by molar-refractivity contribution is 9.09. The Morgan fingerprint density at radius 1 is 1.78 bits per heavy atom. The van der Waals surface area contributed by atoms with Crippen molar-refractivity contribution in [3.05, 3.63) is 0 Å². The van der Waals surface area contributed by atoms with Crippen LogP contribution in [0.3, 0.4) is 0 Å². The maximum Gasteiger partial charge on any atom is 0.173 e. The second kappa shape index (κ2) is 4.84. The molecular weight excluding hydrogens is 180 g/mol. The molecule has 0 bridgehead atoms. The Morgan fingerprint density at radius 2 is 2.33 bits per heavy atom. The SMILES string of the molecule is C#CC(Br)OC(C)CC. The molecule has 0 amide bonds. The van der Waals surface area contributed by atoms with Crippen molar-refractivity contribution in [3.8, 4) is 12.3 Å². The minimum absolute atomic E-state index is 0.229. The van der Waals surface area contributed by atoms with E-state index in [4.69, 9.17) is 11.2 Å². The summed E-state index contributed by atoms with van der Waals surface area (Å²) in [5.41, 5.74) is 0. The molecule has 0 spiro atoms. The van der Waals surface area contributed by atoms with E-state index in [1.54, 1.807) is 0 Å². The van der Waals surface area contributed by atoms with Crippen LogP contribution < -0.4 is 0 Å². The van der Waals surface area contributed by atoms with Gasteiger partial charge in [0.15, 0.2) is 5.01 Å². The fourth-order valence-electron chi connectivity index (χ4n) is 0.339. The quantitative estimate of drug-likeness (QED) is 0.490. The lowest BCUT2D eigenvalue weighted by Gasteiger charge is -2.10. The van der Waals surface area contributed by atoms with Gasteiger partial charge in [0.1, 0.15) is 0 Å². The van der Waals surface area contributed by atoms with Crippen LogP contribution in [-0.2, 0) is 4.74 Å². The first kappa shape index (κ1) is 9.00. The van der Waals surface area contributed by atoms with Gasteiger partial charge in [0.25, 0.3) is 0 Å². The lowest BCUT2D eigenvalue weighted by molar-refractivity contribution is 0.0749. The molecule has 9 heavy (non-hydrogen) atoms. The lowest BCUT2D eigenvalue weighted by atomic mass is 10.3. The molecule has 0 aromatic carbocycles. The summed E-state index contributed by atoms with van der Waals surface area (Å²) >= 11 is 3.16. The zero-order chi connectivity index (χ0) is 7.28. The normalized spacial score (nSPS) is 16.2. The Morgan fingerprint density at radius 3 is 2.67 bits per heavy atom. The molecule has 2 heteroatoms. The molecule has 0 fully saturated rings. The van der Waals surface area contributed by atoms with E-state index in [2.05, 4.69) is 28.8 Å². The third kappa shape index (κ3) is 4.50. The molecule has 0 N–H and O–H groups in total. The van der Waals surface area contributed by atoms with Gasteiger partial charge in [-0.05, 0) is 29.3 Å². The van der Waals surface area contributed by atoms with E-state index in [-0.39, 0.29) is 11.1 Å². The molecule has 0 saturated carbocycles. The summed E-state index contributed by atoms with van der Waals surface area (Å²) in [6.07, 6.45) is 6.28. The maximum absolute atomic E-state index is 5.23. The Labute approximate surface area is 64.9 Å². The second-order valence-electron chi connectivity index (χ2n) is 1.84. The summed E-state index contributed by atoms with van der Waals surface area (Å²) in [4.78, 5) is 0. The van der Waals surface area contributed by atoms with Gasteiger partial charge < -0.3 is 4.74 Å². The number of rotatable bonds is 3. The first-order valence-electron chi connectivity index (χ1n) is 2.96. The molecule has 0 aromatic heterocycles. The van der Waals surface area contributed by atoms with Gasteiger partial charge in [-0.2, -0.15) is 0 Å². The summed E-state index contributed by atoms with van der Waals surface area (Å²) < 4.78 is 5.23. The minimum atomic E-state index is -0.229. The summed E-state index contributed by atoms with van der Waals surface area (Å²) in [6, 6.07) is 0. The van der Waals surface area contributed by atoms with Crippen molar-refractivity contribution in [2.75, 3.05) is 0 Å². The highest BCUT2D eigenvalue weighted by Crippen LogP contribution is 2.05. The van der Waals surface area contributed by atoms with Crippen LogP contribution in [0.15, 0.2) is 0 Å². The first-order valence-corrected chi connectivity index (χ1v) is 3.88. The summed E-state index contributed by atoms with van der Waals surface area (Å²) in [5, 5.41) is -0.229. The molecule has 0 heterocycles. The predicted octanol–water partition coefficient (Wildman–Crippen LogP) is 2.16. The largest absolute Gasteiger partial charge is 0.352 e. The molecular formula is C7H11BrO. The van der Waals surface area contributed by atoms with Crippen molar-refractivity contribution in [1.82, 2.24) is 0 Å². The van der Waals surface area contributed by atoms with Crippen molar-refractivity contribution in [3.63, 3.8) is 0 Å². The van der Waals surface area contributed by atoms with Gasteiger partial charge >= 0.3 is 0 Å². The first-order chi connectivity index (χ1) is 4.20. The fourth-order valence-corrected chi connectivity index (χ4v) is 0.708. The lowest BCUT2D eigenvalue weighted by Crippen LogP contribution is -2.11. The van der Waals surface area contributed by atoms with Crippen LogP contribution in [0.25, 0.3) is 0 Å². The standard InChI is InChI=1S/C7H11BrO/c1-4-6(3)9-7(8)5-2/h2,6-7H,4H2,1,3H3. The number of halogens is 1. The Bertz CT molecular complexity index is 106. The molecule has 0 aliphatic heterocycles. The van der Waals surface area contributed by atoms with Gasteiger partial charge in [0.05, 0.1) is 6.10 Å². The zero-order valence-electron chi connectivity index (χ0n) is 5.73. The number of ether oxygens (including phenoxy) is 1. The average molecular weight is 191 g/mol. The molecule has 0 saturated heterocycles. The van der Waals surface area contributed by atoms with Gasteiger partial charge in [0, 0.05) is 0 Å². The highest BCUT2D eigenvalue weighted by atomic mass is 79.9. The van der Waals surface area contributed by atoms with Gasteiger partial charge in [-0.1, -0.05) is 12.8 Å². The molecule has 0 aromatic rings. The van der Waals surface area contributed by atoms with Gasteiger partial charge in [-0.15, -0.1) is 6.42 Å². The number of hydrogen-bond acceptors (Lipinski definition) is 1. The van der Waals surface area contributed by atoms with Gasteiger partial charge in [-0.25, -0.2) is 0 Å². The molecule has 0 rings (SSSR count). The van der Waals surface area contributed by atoms with Crippen LogP contribution in [0.5, 0.6) is 0 Å². The maximum atomic E-state index is 5.23. The molecule has 0 radical (unpaired) electrons. The molecule has 2 atom stereocenters. The summed E-state index contributed by atoms with van der Waals surface area (Å²) in [5.74, 6) is 2.42. The van der Waals surface area contributed by atoms with Crippen LogP contribution in [-0.4, -0.2) is 11.1 Å². The van der Waals surface area contributed by atoms with Crippen LogP contribution in [0, 0.1) is 12.3 Å². The topological polar surface area (TPSA) is 9.23 Å². The molecule has 52 valence electrons. The highest BCUT2D eigenvalue weighted by Gasteiger charge is 2.03. The van der Waals surface area contributed by atoms with Crippen LogP contribution in [0.2, 0.25) is 0 Å². The molecule has 0 aliphatic rings. The van der Waals surface area contributed by atoms with Crippen molar-refractivity contribution in [1.29, 1.82) is 0 Å². The number of hydrogen-bond donors (Lipinski definition) is 0. The van der Waals surface area contributed by atoms with Crippen molar-refractivity contribution in [2.24, 2.45) is 0 Å². The van der Waals surface area contributed by atoms with Crippen LogP contribution in [0.1, 0.15) is 20.3 Å². The third-order valence-corrected chi connectivity index (χ3v) is 1.54. The monoisotopic (exact) mass is 190 g/mol. The third-order valence-electron chi connectivity index (χ3n) is 1.06. The Balaban J connectivity index is 3.37. The van der Waals surface area contributed by atoms with Crippen molar-refractivity contribution >= 4 is 15.9 Å². The second-order valence-corrected chi connectivity index (χ2v) is 2.67. The zero-order valence-corrected chi connectivity index (χ0v) is 7.31. The average Bonchev–Trinajstić information content (AvgIpc) is 1.87. The predicted molar refractivity (Wildman–Crippen MR) is 42.4 cm³/mol. The van der Waals surface area contributed by atoms with Crippen LogP contribution >= 0.6 is 15.9 Å². The number of alkyl halides is 1. The van der Waals surface area contributed by atoms with E-state index in [9.17, 15) is 0 Å². The van der Waals surface area contributed by atoms with E-state index >= 15 is 0 Å². The Kier molecular flexibility index (Phi) is 4.84. The van der Waals surface area contributed by atoms with Gasteiger partial charge in [-0.3, -0.25) is 0 Å². The minimum Gasteiger partial charge on any atom is -0.352 e. The molecule has 0 aliphatic carbocycles. The van der Waals surface area contributed by atoms with E-state index in [0.717, 1.165) is 6.42 Å². The van der Waals surface area contributed by atoms with Crippen molar-refractivity contribution in [2.45, 2.75) is 31.4 Å². The van der Waals surface area contributed by atoms with Crippen molar-refractivity contribution < 1.29 is 4.74 Å². The van der Waals surface area contributed by atoms with Gasteiger partial charge in [0.2, 0.25) is 0 Å². The van der Waals surface area contributed by atoms with E-state index in [1.807, 2.05) is 6.92 Å². The number of terminal acetylenes is 1. The smallest absolute Gasteiger partial charge is 0.173 e. The summed E-state index contributed by atoms with van der Waals surface area (Å²) in [6.45, 7) is 4.05. The molecule has 1 nitrogen and oxygen atoms in total. The van der Waals surface area contributed by atoms with E-state index in [1.165, 1.54) is 0 Å². The van der Waals surface area contributed by atoms with Crippen LogP contribution in [0.4, 0.5) is 0 Å².